The van der Waals surface area contributed by atoms with Crippen LogP contribution in [0.3, 0.4) is 0 Å². The summed E-state index contributed by atoms with van der Waals surface area (Å²) in [6, 6.07) is 9.46. The number of rotatable bonds is 8. The summed E-state index contributed by atoms with van der Waals surface area (Å²) < 4.78 is 0. The number of unbranched alkanes of at least 4 members (excludes halogenated alkanes) is 3. The molecule has 0 heterocycles. The van der Waals surface area contributed by atoms with Crippen molar-refractivity contribution in [3.05, 3.63) is 35.4 Å². The lowest BCUT2D eigenvalue weighted by molar-refractivity contribution is 0.0744. The molecule has 1 aromatic carbocycles. The molecule has 0 bridgehead atoms. The summed E-state index contributed by atoms with van der Waals surface area (Å²) in [4.78, 5) is 0. The van der Waals surface area contributed by atoms with Gasteiger partial charge in [-0.05, 0) is 67.9 Å². The summed E-state index contributed by atoms with van der Waals surface area (Å²) in [6.45, 7) is 7.15. The van der Waals surface area contributed by atoms with Crippen LogP contribution in [0.25, 0.3) is 0 Å². The van der Waals surface area contributed by atoms with Gasteiger partial charge in [0.05, 0.1) is 0 Å². The topological polar surface area (TPSA) is 0 Å². The molecule has 27 heavy (non-hydrogen) atoms. The van der Waals surface area contributed by atoms with Crippen molar-refractivity contribution in [1.82, 2.24) is 0 Å². The molecule has 0 heteroatoms. The van der Waals surface area contributed by atoms with Gasteiger partial charge < -0.3 is 0 Å². The van der Waals surface area contributed by atoms with Crippen molar-refractivity contribution in [2.24, 2.45) is 11.3 Å². The van der Waals surface area contributed by atoms with Crippen LogP contribution in [0.4, 0.5) is 0 Å². The monoisotopic (exact) mass is 368 g/mol. The van der Waals surface area contributed by atoms with Gasteiger partial charge in [0.2, 0.25) is 0 Å². The highest BCUT2D eigenvalue weighted by atomic mass is 14.6. The first-order chi connectivity index (χ1) is 13.2. The molecule has 0 aromatic heterocycles. The second-order valence-electron chi connectivity index (χ2n) is 9.90. The van der Waals surface area contributed by atoms with Gasteiger partial charge in [-0.25, -0.2) is 0 Å². The summed E-state index contributed by atoms with van der Waals surface area (Å²) in [5.74, 6) is 0.984. The Morgan fingerprint density at radius 2 is 1.63 bits per heavy atom. The number of aryl methyl sites for hydroxylation is 1. The molecule has 0 saturated heterocycles. The fourth-order valence-electron chi connectivity index (χ4n) is 6.92. The third-order valence-corrected chi connectivity index (χ3v) is 8.52. The Kier molecular flexibility index (Phi) is 7.46. The third kappa shape index (κ3) is 4.30. The minimum atomic E-state index is 0.465. The van der Waals surface area contributed by atoms with Crippen molar-refractivity contribution in [3.8, 4) is 0 Å². The molecule has 0 amide bonds. The summed E-state index contributed by atoms with van der Waals surface area (Å²) in [6.07, 6.45) is 21.8. The number of benzene rings is 1. The van der Waals surface area contributed by atoms with E-state index in [2.05, 4.69) is 45.0 Å². The first kappa shape index (κ1) is 20.9. The van der Waals surface area contributed by atoms with Crippen molar-refractivity contribution in [3.63, 3.8) is 0 Å². The maximum atomic E-state index is 2.51. The van der Waals surface area contributed by atoms with Gasteiger partial charge in [-0.1, -0.05) is 95.9 Å². The van der Waals surface area contributed by atoms with Crippen molar-refractivity contribution in [2.45, 2.75) is 122 Å². The molecular formula is C27H44. The molecular weight excluding hydrogens is 324 g/mol. The first-order valence-corrected chi connectivity index (χ1v) is 12.2. The van der Waals surface area contributed by atoms with E-state index in [9.17, 15) is 0 Å². The molecule has 0 N–H and O–H groups in total. The van der Waals surface area contributed by atoms with Crippen molar-refractivity contribution < 1.29 is 0 Å². The molecule has 2 atom stereocenters. The van der Waals surface area contributed by atoms with Gasteiger partial charge in [0, 0.05) is 5.41 Å². The van der Waals surface area contributed by atoms with E-state index < -0.39 is 0 Å². The highest BCUT2D eigenvalue weighted by molar-refractivity contribution is 5.37. The van der Waals surface area contributed by atoms with Crippen LogP contribution in [-0.4, -0.2) is 0 Å². The Morgan fingerprint density at radius 1 is 0.852 bits per heavy atom. The van der Waals surface area contributed by atoms with E-state index in [1.165, 1.54) is 96.3 Å². The predicted octanol–water partition coefficient (Wildman–Crippen LogP) is 8.75. The van der Waals surface area contributed by atoms with E-state index in [-0.39, 0.29) is 0 Å². The van der Waals surface area contributed by atoms with E-state index >= 15 is 0 Å². The SMILES string of the molecule is CCCCCCC1(C2(c3ccccc3C)CCCC2)CCCC(CC)CC1. The molecule has 0 nitrogen and oxygen atoms in total. The Labute approximate surface area is 169 Å². The summed E-state index contributed by atoms with van der Waals surface area (Å²) in [5.41, 5.74) is 4.32. The minimum Gasteiger partial charge on any atom is -0.0654 e. The van der Waals surface area contributed by atoms with Gasteiger partial charge in [0.25, 0.3) is 0 Å². The molecule has 2 saturated carbocycles. The minimum absolute atomic E-state index is 0.465. The number of hydrogen-bond acceptors (Lipinski definition) is 0. The molecule has 1 aromatic rings. The van der Waals surface area contributed by atoms with Gasteiger partial charge >= 0.3 is 0 Å². The van der Waals surface area contributed by atoms with E-state index in [0.29, 0.717) is 10.8 Å². The molecule has 2 fully saturated rings. The van der Waals surface area contributed by atoms with Crippen molar-refractivity contribution in [2.75, 3.05) is 0 Å². The quantitative estimate of drug-likeness (QED) is 0.318. The smallest absolute Gasteiger partial charge is 0.00120 e. The van der Waals surface area contributed by atoms with E-state index in [0.717, 1.165) is 5.92 Å². The molecule has 2 aliphatic rings. The van der Waals surface area contributed by atoms with Gasteiger partial charge in [-0.2, -0.15) is 0 Å². The molecule has 0 aliphatic heterocycles. The zero-order valence-electron chi connectivity index (χ0n) is 18.5. The molecule has 0 radical (unpaired) electrons. The highest BCUT2D eigenvalue weighted by Gasteiger charge is 2.53. The van der Waals surface area contributed by atoms with Crippen molar-refractivity contribution in [1.29, 1.82) is 0 Å². The van der Waals surface area contributed by atoms with Crippen LogP contribution < -0.4 is 0 Å². The average Bonchev–Trinajstić information content (AvgIpc) is 3.09. The maximum absolute atomic E-state index is 2.51. The zero-order chi connectivity index (χ0) is 19.2. The normalized spacial score (nSPS) is 28.2. The Hall–Kier alpha value is -0.780. The largest absolute Gasteiger partial charge is 0.0654 e. The average molecular weight is 369 g/mol. The second-order valence-corrected chi connectivity index (χ2v) is 9.90. The summed E-state index contributed by atoms with van der Waals surface area (Å²) in [7, 11) is 0. The summed E-state index contributed by atoms with van der Waals surface area (Å²) >= 11 is 0. The number of hydrogen-bond donors (Lipinski definition) is 0. The fourth-order valence-corrected chi connectivity index (χ4v) is 6.92. The van der Waals surface area contributed by atoms with Gasteiger partial charge in [0.15, 0.2) is 0 Å². The van der Waals surface area contributed by atoms with Crippen LogP contribution in [-0.2, 0) is 5.41 Å². The lowest BCUT2D eigenvalue weighted by atomic mass is 9.53. The van der Waals surface area contributed by atoms with Gasteiger partial charge in [-0.15, -0.1) is 0 Å². The third-order valence-electron chi connectivity index (χ3n) is 8.52. The van der Waals surface area contributed by atoms with Crippen LogP contribution >= 0.6 is 0 Å². The summed E-state index contributed by atoms with van der Waals surface area (Å²) in [5, 5.41) is 0. The second kappa shape index (κ2) is 9.62. The first-order valence-electron chi connectivity index (χ1n) is 12.2. The Bertz CT molecular complexity index is 565. The zero-order valence-corrected chi connectivity index (χ0v) is 18.5. The van der Waals surface area contributed by atoms with Crippen LogP contribution in [0.5, 0.6) is 0 Å². The predicted molar refractivity (Wildman–Crippen MR) is 119 cm³/mol. The lowest BCUT2D eigenvalue weighted by Crippen LogP contribution is -2.44. The maximum Gasteiger partial charge on any atom is 0.00120 e. The Balaban J connectivity index is 1.97. The molecule has 0 spiro atoms. The van der Waals surface area contributed by atoms with Crippen LogP contribution in [0.1, 0.15) is 121 Å². The Morgan fingerprint density at radius 3 is 2.33 bits per heavy atom. The van der Waals surface area contributed by atoms with Crippen molar-refractivity contribution >= 4 is 0 Å². The lowest BCUT2D eigenvalue weighted by Gasteiger charge is -2.51. The van der Waals surface area contributed by atoms with Crippen LogP contribution in [0.15, 0.2) is 24.3 Å². The van der Waals surface area contributed by atoms with E-state index in [4.69, 9.17) is 0 Å². The molecule has 152 valence electrons. The fraction of sp³-hybridized carbons (Fsp3) is 0.778. The molecule has 2 aliphatic carbocycles. The molecule has 3 rings (SSSR count). The standard InChI is InChI=1S/C27H44/c1-4-6-7-10-18-26(19-13-15-24(5-2)17-22-26)27(20-11-12-21-27)25-16-9-8-14-23(25)3/h8-9,14,16,24H,4-7,10-13,15,17-22H2,1-3H3. The van der Waals surface area contributed by atoms with Crippen LogP contribution in [0, 0.1) is 18.3 Å². The highest BCUT2D eigenvalue weighted by Crippen LogP contribution is 2.61. The van der Waals surface area contributed by atoms with Crippen LogP contribution in [0.2, 0.25) is 0 Å². The van der Waals surface area contributed by atoms with Gasteiger partial charge in [-0.3, -0.25) is 0 Å². The van der Waals surface area contributed by atoms with E-state index in [1.807, 2.05) is 0 Å². The molecule has 2 unspecified atom stereocenters. The van der Waals surface area contributed by atoms with Gasteiger partial charge in [0.1, 0.15) is 0 Å². The van der Waals surface area contributed by atoms with E-state index in [1.54, 1.807) is 11.1 Å².